The molecule has 2 heteroatoms. The molecule has 1 rings (SSSR count). The van der Waals surface area contributed by atoms with Crippen molar-refractivity contribution in [2.75, 3.05) is 0 Å². The third kappa shape index (κ3) is 1.78. The highest BCUT2D eigenvalue weighted by Gasteiger charge is 1.95. The summed E-state index contributed by atoms with van der Waals surface area (Å²) in [6.45, 7) is 0. The molecule has 0 aliphatic carbocycles. The molecule has 1 nitrogen and oxygen atoms in total. The van der Waals surface area contributed by atoms with Crippen LogP contribution in [0.1, 0.15) is 10.4 Å². The Balaban J connectivity index is 2.98. The molecule has 0 spiro atoms. The van der Waals surface area contributed by atoms with Crippen molar-refractivity contribution in [3.05, 3.63) is 35.9 Å². The molecule has 0 heterocycles. The van der Waals surface area contributed by atoms with Crippen LogP contribution >= 0.6 is 22.6 Å². The van der Waals surface area contributed by atoms with Gasteiger partial charge in [-0.1, -0.05) is 18.2 Å². The van der Waals surface area contributed by atoms with Crippen LogP contribution in [0.3, 0.4) is 0 Å². The molecule has 9 heavy (non-hydrogen) atoms. The monoisotopic (exact) mass is 231 g/mol. The quantitative estimate of drug-likeness (QED) is 0.534. The number of halogens is 1. The lowest BCUT2D eigenvalue weighted by Crippen LogP contribution is -1.84. The van der Waals surface area contributed by atoms with Gasteiger partial charge in [-0.3, -0.25) is 4.79 Å². The van der Waals surface area contributed by atoms with Crippen LogP contribution in [-0.4, -0.2) is 3.79 Å². The van der Waals surface area contributed by atoms with E-state index in [4.69, 9.17) is 0 Å². The van der Waals surface area contributed by atoms with Crippen LogP contribution in [0.4, 0.5) is 0 Å². The number of benzene rings is 1. The van der Waals surface area contributed by atoms with Crippen LogP contribution in [0.25, 0.3) is 0 Å². The molecule has 0 aliphatic rings. The Morgan fingerprint density at radius 3 is 2.67 bits per heavy atom. The van der Waals surface area contributed by atoms with Crippen molar-refractivity contribution >= 4 is 26.4 Å². The zero-order chi connectivity index (χ0) is 6.69. The topological polar surface area (TPSA) is 17.1 Å². The first-order valence-electron chi connectivity index (χ1n) is 2.47. The average Bonchev–Trinajstić information content (AvgIpc) is 1.90. The van der Waals surface area contributed by atoms with E-state index in [1.165, 1.54) is 0 Å². The number of hydrogen-bond donors (Lipinski definition) is 0. The summed E-state index contributed by atoms with van der Waals surface area (Å²) in [4.78, 5) is 10.6. The third-order valence-corrected chi connectivity index (χ3v) is 1.50. The Hall–Kier alpha value is -0.380. The minimum atomic E-state index is 0.0354. The minimum Gasteiger partial charge on any atom is -0.282 e. The highest BCUT2D eigenvalue weighted by atomic mass is 127. The SMILES string of the molecule is O=C(I)c1[c]cccc1. The Bertz CT molecular complexity index is 205. The number of carbonyl (C=O) groups excluding carboxylic acids is 1. The van der Waals surface area contributed by atoms with Crippen molar-refractivity contribution in [1.82, 2.24) is 0 Å². The Morgan fingerprint density at radius 1 is 1.56 bits per heavy atom. The van der Waals surface area contributed by atoms with Gasteiger partial charge in [0.15, 0.2) is 0 Å². The highest BCUT2D eigenvalue weighted by molar-refractivity contribution is 14.1. The first-order valence-corrected chi connectivity index (χ1v) is 3.55. The van der Waals surface area contributed by atoms with Crippen LogP contribution in [0.5, 0.6) is 0 Å². The number of rotatable bonds is 1. The number of carbonyl (C=O) groups is 1. The van der Waals surface area contributed by atoms with Crippen LogP contribution < -0.4 is 0 Å². The zero-order valence-corrected chi connectivity index (χ0v) is 6.75. The summed E-state index contributed by atoms with van der Waals surface area (Å²) in [5.74, 6) is 0. The summed E-state index contributed by atoms with van der Waals surface area (Å²) >= 11 is 1.74. The Labute approximate surface area is 67.2 Å². The van der Waals surface area contributed by atoms with Crippen molar-refractivity contribution in [2.24, 2.45) is 0 Å². The van der Waals surface area contributed by atoms with Crippen LogP contribution in [0.2, 0.25) is 0 Å². The van der Waals surface area contributed by atoms with E-state index >= 15 is 0 Å². The predicted molar refractivity (Wildman–Crippen MR) is 43.6 cm³/mol. The molecule has 0 aliphatic heterocycles. The van der Waals surface area contributed by atoms with Crippen LogP contribution in [0.15, 0.2) is 24.3 Å². The molecule has 0 unspecified atom stereocenters. The Kier molecular flexibility index (Phi) is 2.22. The van der Waals surface area contributed by atoms with Gasteiger partial charge in [0.25, 0.3) is 0 Å². The van der Waals surface area contributed by atoms with E-state index in [0.717, 1.165) is 0 Å². The lowest BCUT2D eigenvalue weighted by molar-refractivity contribution is 0.110. The standard InChI is InChI=1S/C7H4IO/c8-7(9)6-4-2-1-3-5-6/h1-4H. The fourth-order valence-electron chi connectivity index (χ4n) is 0.516. The first kappa shape index (κ1) is 6.74. The van der Waals surface area contributed by atoms with Gasteiger partial charge < -0.3 is 0 Å². The van der Waals surface area contributed by atoms with Gasteiger partial charge in [0.1, 0.15) is 0 Å². The molecule has 0 fully saturated rings. The van der Waals surface area contributed by atoms with Crippen molar-refractivity contribution < 1.29 is 4.79 Å². The van der Waals surface area contributed by atoms with Gasteiger partial charge in [-0.25, -0.2) is 0 Å². The molecule has 1 aromatic carbocycles. The highest BCUT2D eigenvalue weighted by Crippen LogP contribution is 2.02. The third-order valence-electron chi connectivity index (χ3n) is 0.921. The largest absolute Gasteiger partial charge is 0.282 e. The van der Waals surface area contributed by atoms with E-state index < -0.39 is 0 Å². The zero-order valence-electron chi connectivity index (χ0n) is 4.60. The molecule has 0 N–H and O–H groups in total. The maximum absolute atomic E-state index is 10.6. The summed E-state index contributed by atoms with van der Waals surface area (Å²) in [5.41, 5.74) is 0.637. The van der Waals surface area contributed by atoms with E-state index in [1.807, 2.05) is 12.1 Å². The maximum atomic E-state index is 10.6. The molecule has 1 aromatic rings. The molecule has 0 bridgehead atoms. The van der Waals surface area contributed by atoms with E-state index in [0.29, 0.717) is 5.56 Å². The second kappa shape index (κ2) is 2.96. The fourth-order valence-corrected chi connectivity index (χ4v) is 0.851. The van der Waals surface area contributed by atoms with Crippen molar-refractivity contribution in [3.63, 3.8) is 0 Å². The molecular weight excluding hydrogens is 227 g/mol. The summed E-state index contributed by atoms with van der Waals surface area (Å²) in [7, 11) is 0. The van der Waals surface area contributed by atoms with E-state index in [2.05, 4.69) is 6.07 Å². The van der Waals surface area contributed by atoms with E-state index in [-0.39, 0.29) is 3.79 Å². The maximum Gasteiger partial charge on any atom is 0.223 e. The molecule has 0 amide bonds. The van der Waals surface area contributed by atoms with Crippen LogP contribution in [-0.2, 0) is 0 Å². The summed E-state index contributed by atoms with van der Waals surface area (Å²) in [5, 5.41) is 0. The first-order chi connectivity index (χ1) is 4.30. The van der Waals surface area contributed by atoms with Crippen LogP contribution in [0, 0.1) is 6.07 Å². The van der Waals surface area contributed by atoms with Crippen molar-refractivity contribution in [2.45, 2.75) is 0 Å². The van der Waals surface area contributed by atoms with Crippen molar-refractivity contribution in [3.8, 4) is 0 Å². The second-order valence-corrected chi connectivity index (χ2v) is 2.53. The molecule has 45 valence electrons. The van der Waals surface area contributed by atoms with Gasteiger partial charge in [-0.15, -0.1) is 0 Å². The van der Waals surface area contributed by atoms with E-state index in [1.54, 1.807) is 34.7 Å². The molecule has 0 saturated heterocycles. The molecule has 0 saturated carbocycles. The predicted octanol–water partition coefficient (Wildman–Crippen LogP) is 2.06. The van der Waals surface area contributed by atoms with Gasteiger partial charge in [0.05, 0.1) is 0 Å². The number of hydrogen-bond acceptors (Lipinski definition) is 1. The smallest absolute Gasteiger partial charge is 0.223 e. The molecular formula is C7H4IO. The molecule has 1 radical (unpaired) electrons. The summed E-state index contributed by atoms with van der Waals surface area (Å²) in [6, 6.07) is 9.94. The van der Waals surface area contributed by atoms with Crippen molar-refractivity contribution in [1.29, 1.82) is 0 Å². The van der Waals surface area contributed by atoms with E-state index in [9.17, 15) is 4.79 Å². The van der Waals surface area contributed by atoms with Gasteiger partial charge in [-0.05, 0) is 12.1 Å². The lowest BCUT2D eigenvalue weighted by Gasteiger charge is -1.87. The molecule has 0 aromatic heterocycles. The Morgan fingerprint density at radius 2 is 2.33 bits per heavy atom. The van der Waals surface area contributed by atoms with Gasteiger partial charge >= 0.3 is 0 Å². The van der Waals surface area contributed by atoms with Gasteiger partial charge in [0.2, 0.25) is 3.79 Å². The second-order valence-electron chi connectivity index (χ2n) is 1.55. The normalized spacial score (nSPS) is 9.00. The molecule has 0 atom stereocenters. The lowest BCUT2D eigenvalue weighted by atomic mass is 10.2. The van der Waals surface area contributed by atoms with Gasteiger partial charge in [0, 0.05) is 28.2 Å². The average molecular weight is 231 g/mol. The summed E-state index contributed by atoms with van der Waals surface area (Å²) < 4.78 is 0.0354. The van der Waals surface area contributed by atoms with Gasteiger partial charge in [-0.2, -0.15) is 0 Å². The summed E-state index contributed by atoms with van der Waals surface area (Å²) in [6.07, 6.45) is 0. The minimum absolute atomic E-state index is 0.0354. The fraction of sp³-hybridized carbons (Fsp3) is 0.